The topological polar surface area (TPSA) is 90.3 Å². The second-order valence-corrected chi connectivity index (χ2v) is 7.49. The first kappa shape index (κ1) is 24.6. The summed E-state index contributed by atoms with van der Waals surface area (Å²) in [4.78, 5) is 16.7. The Kier molecular flexibility index (Phi) is 7.09. The van der Waals surface area contributed by atoms with Crippen LogP contribution in [0.1, 0.15) is 12.5 Å². The van der Waals surface area contributed by atoms with Gasteiger partial charge in [-0.15, -0.1) is 5.10 Å². The highest BCUT2D eigenvalue weighted by molar-refractivity contribution is 5.99. The molecule has 0 bridgehead atoms. The lowest BCUT2D eigenvalue weighted by molar-refractivity contribution is -0.137. The number of amides is 2. The van der Waals surface area contributed by atoms with Crippen molar-refractivity contribution in [3.8, 4) is 28.8 Å². The molecule has 2 amide bonds. The first-order valence-electron chi connectivity index (χ1n) is 10.9. The molecule has 1 aromatic heterocycles. The molecule has 0 saturated heterocycles. The fourth-order valence-electron chi connectivity index (χ4n) is 3.31. The zero-order valence-corrected chi connectivity index (χ0v) is 19.3. The minimum Gasteiger partial charge on any atom is -0.497 e. The van der Waals surface area contributed by atoms with Gasteiger partial charge in [0.15, 0.2) is 5.82 Å². The van der Waals surface area contributed by atoms with E-state index >= 15 is 0 Å². The molecule has 0 radical (unpaired) electrons. The Morgan fingerprint density at radius 1 is 0.917 bits per heavy atom. The number of halogens is 3. The Hall–Kier alpha value is -4.54. The Bertz CT molecular complexity index is 1320. The molecule has 4 aromatic rings. The number of benzene rings is 3. The van der Waals surface area contributed by atoms with Crippen molar-refractivity contribution in [1.29, 1.82) is 0 Å². The Balaban J connectivity index is 1.53. The van der Waals surface area contributed by atoms with Crippen molar-refractivity contribution in [2.75, 3.05) is 24.4 Å². The van der Waals surface area contributed by atoms with Gasteiger partial charge in [-0.05, 0) is 67.6 Å². The van der Waals surface area contributed by atoms with Gasteiger partial charge < -0.3 is 20.1 Å². The highest BCUT2D eigenvalue weighted by Crippen LogP contribution is 2.31. The lowest BCUT2D eigenvalue weighted by Crippen LogP contribution is -2.19. The molecule has 0 aliphatic heterocycles. The Morgan fingerprint density at radius 3 is 2.03 bits per heavy atom. The predicted octanol–water partition coefficient (Wildman–Crippen LogP) is 6.00. The molecule has 3 aromatic carbocycles. The number of urea groups is 1. The lowest BCUT2D eigenvalue weighted by atomic mass is 10.1. The van der Waals surface area contributed by atoms with E-state index in [1.54, 1.807) is 62.6 Å². The van der Waals surface area contributed by atoms with E-state index in [-0.39, 0.29) is 6.01 Å². The molecule has 0 aliphatic rings. The molecule has 0 unspecified atom stereocenters. The van der Waals surface area contributed by atoms with E-state index in [4.69, 9.17) is 9.47 Å². The molecule has 1 heterocycles. The number of aromatic nitrogens is 3. The smallest absolute Gasteiger partial charge is 0.416 e. The zero-order valence-electron chi connectivity index (χ0n) is 19.3. The molecular formula is C25H22F3N5O3. The van der Waals surface area contributed by atoms with Crippen LogP contribution in [0.2, 0.25) is 0 Å². The van der Waals surface area contributed by atoms with Gasteiger partial charge in [0.1, 0.15) is 5.75 Å². The largest absolute Gasteiger partial charge is 0.497 e. The average Bonchev–Trinajstić information content (AvgIpc) is 3.28. The number of hydrogen-bond acceptors (Lipinski definition) is 5. The standard InChI is InChI=1S/C25H22F3N5O3/c1-3-36-24-31-22(16-4-6-17(7-5-16)25(26,27)28)33(32-24)20-12-8-18(9-13-20)29-23(34)30-19-10-14-21(35-2)15-11-19/h4-15H,3H2,1-2H3,(H2,29,30,34). The van der Waals surface area contributed by atoms with E-state index in [1.165, 1.54) is 16.8 Å². The van der Waals surface area contributed by atoms with Crippen molar-refractivity contribution in [2.45, 2.75) is 13.1 Å². The van der Waals surface area contributed by atoms with E-state index < -0.39 is 17.8 Å². The summed E-state index contributed by atoms with van der Waals surface area (Å²) in [5, 5.41) is 9.78. The van der Waals surface area contributed by atoms with Crippen molar-refractivity contribution in [3.63, 3.8) is 0 Å². The Morgan fingerprint density at radius 2 is 1.50 bits per heavy atom. The molecule has 0 saturated carbocycles. The number of methoxy groups -OCH3 is 1. The Labute approximate surface area is 204 Å². The summed E-state index contributed by atoms with van der Waals surface area (Å²) in [5.41, 5.74) is 1.36. The number of nitrogens with one attached hydrogen (secondary N) is 2. The monoisotopic (exact) mass is 497 g/mol. The van der Waals surface area contributed by atoms with Gasteiger partial charge in [-0.25, -0.2) is 9.48 Å². The normalized spacial score (nSPS) is 11.1. The molecule has 8 nitrogen and oxygen atoms in total. The number of anilines is 2. The van der Waals surface area contributed by atoms with Gasteiger partial charge in [0.05, 0.1) is 25.0 Å². The second-order valence-electron chi connectivity index (χ2n) is 7.49. The summed E-state index contributed by atoms with van der Waals surface area (Å²) in [6.07, 6.45) is -4.44. The second kappa shape index (κ2) is 10.4. The summed E-state index contributed by atoms with van der Waals surface area (Å²) in [7, 11) is 1.56. The van der Waals surface area contributed by atoms with Crippen LogP contribution < -0.4 is 20.1 Å². The molecule has 186 valence electrons. The van der Waals surface area contributed by atoms with Gasteiger partial charge in [-0.2, -0.15) is 18.2 Å². The minimum atomic E-state index is -4.44. The van der Waals surface area contributed by atoms with E-state index in [0.29, 0.717) is 40.8 Å². The van der Waals surface area contributed by atoms with Gasteiger partial charge >= 0.3 is 18.2 Å². The fourth-order valence-corrected chi connectivity index (χ4v) is 3.31. The van der Waals surface area contributed by atoms with Crippen molar-refractivity contribution in [2.24, 2.45) is 0 Å². The van der Waals surface area contributed by atoms with Crippen molar-refractivity contribution in [1.82, 2.24) is 14.8 Å². The van der Waals surface area contributed by atoms with Crippen LogP contribution >= 0.6 is 0 Å². The maximum absolute atomic E-state index is 13.0. The number of carbonyl (C=O) groups is 1. The van der Waals surface area contributed by atoms with E-state index in [2.05, 4.69) is 20.7 Å². The number of nitrogens with zero attached hydrogens (tertiary/aromatic N) is 3. The third-order valence-corrected chi connectivity index (χ3v) is 5.05. The maximum Gasteiger partial charge on any atom is 0.416 e. The maximum atomic E-state index is 13.0. The van der Waals surface area contributed by atoms with Gasteiger partial charge in [-0.1, -0.05) is 12.1 Å². The van der Waals surface area contributed by atoms with Crippen LogP contribution in [0.15, 0.2) is 72.8 Å². The van der Waals surface area contributed by atoms with Crippen LogP contribution in [0.25, 0.3) is 17.1 Å². The number of alkyl halides is 3. The molecule has 0 aliphatic carbocycles. The number of rotatable bonds is 7. The molecule has 11 heteroatoms. The molecule has 0 atom stereocenters. The summed E-state index contributed by atoms with van der Waals surface area (Å²) >= 11 is 0. The zero-order chi connectivity index (χ0) is 25.7. The van der Waals surface area contributed by atoms with Crippen LogP contribution in [0.5, 0.6) is 11.8 Å². The van der Waals surface area contributed by atoms with Gasteiger partial charge in [0.25, 0.3) is 0 Å². The summed E-state index contributed by atoms with van der Waals surface area (Å²) in [5.74, 6) is 0.984. The molecule has 2 N–H and O–H groups in total. The highest BCUT2D eigenvalue weighted by atomic mass is 19.4. The summed E-state index contributed by atoms with van der Waals surface area (Å²) in [6.45, 7) is 2.10. The molecule has 36 heavy (non-hydrogen) atoms. The van der Waals surface area contributed by atoms with Gasteiger partial charge in [0, 0.05) is 16.9 Å². The van der Waals surface area contributed by atoms with Crippen LogP contribution in [-0.2, 0) is 6.18 Å². The van der Waals surface area contributed by atoms with Crippen molar-refractivity contribution < 1.29 is 27.4 Å². The lowest BCUT2D eigenvalue weighted by Gasteiger charge is -2.10. The van der Waals surface area contributed by atoms with Crippen LogP contribution in [-0.4, -0.2) is 34.5 Å². The summed E-state index contributed by atoms with van der Waals surface area (Å²) < 4.78 is 50.8. The first-order valence-corrected chi connectivity index (χ1v) is 10.9. The van der Waals surface area contributed by atoms with Crippen LogP contribution in [0.4, 0.5) is 29.3 Å². The fraction of sp³-hybridized carbons (Fsp3) is 0.160. The third kappa shape index (κ3) is 5.74. The minimum absolute atomic E-state index is 0.0912. The number of hydrogen-bond donors (Lipinski definition) is 2. The molecule has 0 spiro atoms. The van der Waals surface area contributed by atoms with Gasteiger partial charge in [0.2, 0.25) is 0 Å². The third-order valence-electron chi connectivity index (χ3n) is 5.05. The molecule has 0 fully saturated rings. The van der Waals surface area contributed by atoms with Crippen molar-refractivity contribution in [3.05, 3.63) is 78.4 Å². The van der Waals surface area contributed by atoms with E-state index in [9.17, 15) is 18.0 Å². The van der Waals surface area contributed by atoms with Crippen LogP contribution in [0, 0.1) is 0 Å². The van der Waals surface area contributed by atoms with E-state index in [1.807, 2.05) is 0 Å². The first-order chi connectivity index (χ1) is 17.3. The predicted molar refractivity (Wildman–Crippen MR) is 129 cm³/mol. The summed E-state index contributed by atoms with van der Waals surface area (Å²) in [6, 6.07) is 17.9. The van der Waals surface area contributed by atoms with Gasteiger partial charge in [-0.3, -0.25) is 0 Å². The molecule has 4 rings (SSSR count). The number of carbonyl (C=O) groups excluding carboxylic acids is 1. The molecular weight excluding hydrogens is 475 g/mol. The van der Waals surface area contributed by atoms with Crippen LogP contribution in [0.3, 0.4) is 0 Å². The van der Waals surface area contributed by atoms with Crippen molar-refractivity contribution >= 4 is 17.4 Å². The number of ether oxygens (including phenoxy) is 2. The quantitative estimate of drug-likeness (QED) is 0.327. The average molecular weight is 497 g/mol. The van der Waals surface area contributed by atoms with E-state index in [0.717, 1.165) is 12.1 Å². The SMILES string of the molecule is CCOc1nc(-c2ccc(C(F)(F)F)cc2)n(-c2ccc(NC(=O)Nc3ccc(OC)cc3)cc2)n1. The highest BCUT2D eigenvalue weighted by Gasteiger charge is 2.30.